The fourth-order valence-electron chi connectivity index (χ4n) is 1.57. The zero-order valence-corrected chi connectivity index (χ0v) is 11.9. The third kappa shape index (κ3) is 5.87. The van der Waals surface area contributed by atoms with Gasteiger partial charge in [0.15, 0.2) is 0 Å². The molecule has 0 aliphatic rings. The number of thiazole rings is 1. The maximum atomic E-state index is 4.25. The summed E-state index contributed by atoms with van der Waals surface area (Å²) in [4.78, 5) is 5.68. The zero-order chi connectivity index (χ0) is 11.6. The lowest BCUT2D eigenvalue weighted by Gasteiger charge is -2.03. The standard InChI is InChI=1S/C12H22N2S2/c1-11-12(16-10-14-11)6-8-13-7-4-3-5-9-15-2/h10,13H,3-9H2,1-2H3. The van der Waals surface area contributed by atoms with Crippen LogP contribution in [-0.2, 0) is 6.42 Å². The van der Waals surface area contributed by atoms with Gasteiger partial charge in [-0.25, -0.2) is 4.98 Å². The van der Waals surface area contributed by atoms with Gasteiger partial charge in [0.05, 0.1) is 11.2 Å². The Labute approximate surface area is 107 Å². The SMILES string of the molecule is CSCCCCCNCCc1scnc1C. The average molecular weight is 258 g/mol. The molecule has 2 nitrogen and oxygen atoms in total. The van der Waals surface area contributed by atoms with Crippen molar-refractivity contribution in [2.24, 2.45) is 0 Å². The molecule has 0 atom stereocenters. The van der Waals surface area contributed by atoms with Crippen molar-refractivity contribution >= 4 is 23.1 Å². The molecular formula is C12H22N2S2. The number of aromatic nitrogens is 1. The van der Waals surface area contributed by atoms with Crippen LogP contribution in [0.5, 0.6) is 0 Å². The molecule has 0 aliphatic heterocycles. The second kappa shape index (κ2) is 9.02. The Bertz CT molecular complexity index is 274. The zero-order valence-electron chi connectivity index (χ0n) is 10.3. The van der Waals surface area contributed by atoms with Gasteiger partial charge in [-0.3, -0.25) is 0 Å². The third-order valence-corrected chi connectivity index (χ3v) is 4.27. The van der Waals surface area contributed by atoms with Gasteiger partial charge < -0.3 is 5.32 Å². The Morgan fingerprint density at radius 1 is 1.31 bits per heavy atom. The van der Waals surface area contributed by atoms with Crippen molar-refractivity contribution in [1.29, 1.82) is 0 Å². The highest BCUT2D eigenvalue weighted by molar-refractivity contribution is 7.98. The highest BCUT2D eigenvalue weighted by Gasteiger charge is 1.99. The second-order valence-corrected chi connectivity index (χ2v) is 5.84. The highest BCUT2D eigenvalue weighted by atomic mass is 32.2. The smallest absolute Gasteiger partial charge is 0.0797 e. The topological polar surface area (TPSA) is 24.9 Å². The van der Waals surface area contributed by atoms with E-state index in [9.17, 15) is 0 Å². The number of hydrogen-bond donors (Lipinski definition) is 1. The van der Waals surface area contributed by atoms with E-state index in [4.69, 9.17) is 0 Å². The molecule has 0 fully saturated rings. The van der Waals surface area contributed by atoms with Crippen LogP contribution >= 0.6 is 23.1 Å². The van der Waals surface area contributed by atoms with E-state index in [1.807, 2.05) is 17.3 Å². The Morgan fingerprint density at radius 2 is 2.19 bits per heavy atom. The van der Waals surface area contributed by atoms with E-state index in [-0.39, 0.29) is 0 Å². The Kier molecular flexibility index (Phi) is 7.89. The normalized spacial score (nSPS) is 10.9. The first-order valence-corrected chi connectivity index (χ1v) is 8.20. The van der Waals surface area contributed by atoms with Gasteiger partial charge in [-0.15, -0.1) is 11.3 Å². The summed E-state index contributed by atoms with van der Waals surface area (Å²) >= 11 is 3.71. The molecule has 1 aromatic heterocycles. The van der Waals surface area contributed by atoms with Crippen LogP contribution in [0.4, 0.5) is 0 Å². The third-order valence-electron chi connectivity index (χ3n) is 2.58. The second-order valence-electron chi connectivity index (χ2n) is 3.91. The Morgan fingerprint density at radius 3 is 2.88 bits per heavy atom. The number of nitrogens with one attached hydrogen (secondary N) is 1. The van der Waals surface area contributed by atoms with Gasteiger partial charge >= 0.3 is 0 Å². The van der Waals surface area contributed by atoms with Gasteiger partial charge in [0, 0.05) is 11.4 Å². The number of rotatable bonds is 9. The molecule has 92 valence electrons. The monoisotopic (exact) mass is 258 g/mol. The molecule has 0 aromatic carbocycles. The molecule has 1 rings (SSSR count). The van der Waals surface area contributed by atoms with Crippen molar-refractivity contribution in [1.82, 2.24) is 10.3 Å². The lowest BCUT2D eigenvalue weighted by Crippen LogP contribution is -2.18. The molecule has 0 amide bonds. The highest BCUT2D eigenvalue weighted by Crippen LogP contribution is 2.11. The van der Waals surface area contributed by atoms with Gasteiger partial charge in [0.2, 0.25) is 0 Å². The summed E-state index contributed by atoms with van der Waals surface area (Å²) in [5, 5.41) is 3.50. The van der Waals surface area contributed by atoms with E-state index in [1.165, 1.54) is 35.6 Å². The van der Waals surface area contributed by atoms with Crippen molar-refractivity contribution in [3.05, 3.63) is 16.1 Å². The van der Waals surface area contributed by atoms with E-state index < -0.39 is 0 Å². The van der Waals surface area contributed by atoms with Crippen molar-refractivity contribution in [3.8, 4) is 0 Å². The van der Waals surface area contributed by atoms with Gasteiger partial charge in [-0.2, -0.15) is 11.8 Å². The molecular weight excluding hydrogens is 236 g/mol. The Hall–Kier alpha value is -0.0600. The molecule has 0 saturated carbocycles. The number of nitrogens with zero attached hydrogens (tertiary/aromatic N) is 1. The summed E-state index contributed by atoms with van der Waals surface area (Å²) in [6, 6.07) is 0. The minimum Gasteiger partial charge on any atom is -0.316 e. The van der Waals surface area contributed by atoms with Crippen LogP contribution in [0.25, 0.3) is 0 Å². The quantitative estimate of drug-likeness (QED) is 0.689. The van der Waals surface area contributed by atoms with Crippen molar-refractivity contribution in [2.45, 2.75) is 32.6 Å². The van der Waals surface area contributed by atoms with E-state index in [0.29, 0.717) is 0 Å². The van der Waals surface area contributed by atoms with Crippen LogP contribution in [0.2, 0.25) is 0 Å². The summed E-state index contributed by atoms with van der Waals surface area (Å²) in [6.45, 7) is 4.34. The predicted molar refractivity (Wildman–Crippen MR) is 75.7 cm³/mol. The van der Waals surface area contributed by atoms with Crippen LogP contribution < -0.4 is 5.32 Å². The summed E-state index contributed by atoms with van der Waals surface area (Å²) < 4.78 is 0. The van der Waals surface area contributed by atoms with Crippen molar-refractivity contribution in [2.75, 3.05) is 25.1 Å². The molecule has 16 heavy (non-hydrogen) atoms. The van der Waals surface area contributed by atoms with Crippen molar-refractivity contribution in [3.63, 3.8) is 0 Å². The molecule has 0 saturated heterocycles. The molecule has 1 heterocycles. The lowest BCUT2D eigenvalue weighted by molar-refractivity contribution is 0.619. The number of thioether (sulfide) groups is 1. The Balaban J connectivity index is 1.91. The molecule has 0 radical (unpaired) electrons. The lowest BCUT2D eigenvalue weighted by atomic mass is 10.2. The average Bonchev–Trinajstić information content (AvgIpc) is 2.68. The van der Waals surface area contributed by atoms with Crippen molar-refractivity contribution < 1.29 is 0 Å². The molecule has 1 aromatic rings. The van der Waals surface area contributed by atoms with Gasteiger partial charge in [-0.05, 0) is 44.7 Å². The fraction of sp³-hybridized carbons (Fsp3) is 0.750. The molecule has 0 unspecified atom stereocenters. The van der Waals surface area contributed by atoms with Crippen LogP contribution in [0.3, 0.4) is 0 Å². The first kappa shape index (κ1) is 14.0. The number of hydrogen-bond acceptors (Lipinski definition) is 4. The molecule has 0 bridgehead atoms. The predicted octanol–water partition coefficient (Wildman–Crippen LogP) is 3.12. The maximum Gasteiger partial charge on any atom is 0.0797 e. The van der Waals surface area contributed by atoms with E-state index in [1.54, 1.807) is 11.3 Å². The van der Waals surface area contributed by atoms with Gasteiger partial charge in [0.1, 0.15) is 0 Å². The largest absolute Gasteiger partial charge is 0.316 e. The summed E-state index contributed by atoms with van der Waals surface area (Å²) in [6.07, 6.45) is 7.32. The van der Waals surface area contributed by atoms with Gasteiger partial charge in [-0.1, -0.05) is 6.42 Å². The van der Waals surface area contributed by atoms with Gasteiger partial charge in [0.25, 0.3) is 0 Å². The molecule has 4 heteroatoms. The summed E-state index contributed by atoms with van der Waals surface area (Å²) in [7, 11) is 0. The fourth-order valence-corrected chi connectivity index (χ4v) is 2.84. The summed E-state index contributed by atoms with van der Waals surface area (Å²) in [5.41, 5.74) is 3.14. The van der Waals surface area contributed by atoms with Crippen LogP contribution in [-0.4, -0.2) is 30.1 Å². The van der Waals surface area contributed by atoms with Crippen LogP contribution in [0.1, 0.15) is 29.8 Å². The maximum absolute atomic E-state index is 4.25. The van der Waals surface area contributed by atoms with E-state index in [2.05, 4.69) is 23.5 Å². The molecule has 0 spiro atoms. The first-order chi connectivity index (χ1) is 7.84. The minimum atomic E-state index is 1.09. The first-order valence-electron chi connectivity index (χ1n) is 5.93. The summed E-state index contributed by atoms with van der Waals surface area (Å²) in [5.74, 6) is 1.31. The van der Waals surface area contributed by atoms with E-state index >= 15 is 0 Å². The van der Waals surface area contributed by atoms with Crippen LogP contribution in [0.15, 0.2) is 5.51 Å². The van der Waals surface area contributed by atoms with E-state index in [0.717, 1.165) is 19.5 Å². The van der Waals surface area contributed by atoms with Crippen LogP contribution in [0, 0.1) is 6.92 Å². The number of aryl methyl sites for hydroxylation is 1. The molecule has 1 N–H and O–H groups in total. The minimum absolute atomic E-state index is 1.09. The number of unbranched alkanes of at least 4 members (excludes halogenated alkanes) is 2. The molecule has 0 aliphatic carbocycles.